The van der Waals surface area contributed by atoms with Gasteiger partial charge in [0.1, 0.15) is 0 Å². The van der Waals surface area contributed by atoms with Crippen molar-refractivity contribution in [1.29, 1.82) is 0 Å². The minimum atomic E-state index is -0.169. The molecule has 0 spiro atoms. The van der Waals surface area contributed by atoms with E-state index in [1.165, 1.54) is 0 Å². The van der Waals surface area contributed by atoms with Gasteiger partial charge < -0.3 is 9.88 Å². The number of fused-ring (bicyclic) bond motifs is 2. The van der Waals surface area contributed by atoms with Crippen LogP contribution in [0, 0.1) is 0 Å². The molecular formula is C17H17N5O. The van der Waals surface area contributed by atoms with Crippen LogP contribution in [0.5, 0.6) is 0 Å². The lowest BCUT2D eigenvalue weighted by atomic mass is 9.97. The van der Waals surface area contributed by atoms with Gasteiger partial charge in [-0.2, -0.15) is 0 Å². The number of amides is 1. The minimum Gasteiger partial charge on any atom is -0.324 e. The zero-order valence-corrected chi connectivity index (χ0v) is 12.8. The fraction of sp³-hybridized carbons (Fsp3) is 0.235. The Kier molecular flexibility index (Phi) is 3.31. The van der Waals surface area contributed by atoms with Crippen LogP contribution in [0.2, 0.25) is 0 Å². The van der Waals surface area contributed by atoms with E-state index in [0.29, 0.717) is 11.5 Å². The predicted octanol–water partition coefficient (Wildman–Crippen LogP) is 2.20. The summed E-state index contributed by atoms with van der Waals surface area (Å²) >= 11 is 0. The maximum Gasteiger partial charge on any atom is 0.259 e. The monoisotopic (exact) mass is 307 g/mol. The number of hydrogen-bond acceptors (Lipinski definition) is 4. The lowest BCUT2D eigenvalue weighted by Crippen LogP contribution is -2.29. The number of H-pyrrole nitrogens is 1. The molecule has 0 fully saturated rings. The number of aromatic nitrogens is 3. The Morgan fingerprint density at radius 1 is 1.30 bits per heavy atom. The first-order chi connectivity index (χ1) is 11.2. The summed E-state index contributed by atoms with van der Waals surface area (Å²) in [6, 6.07) is 7.69. The first-order valence-electron chi connectivity index (χ1n) is 7.61. The van der Waals surface area contributed by atoms with Crippen LogP contribution in [0.4, 0.5) is 5.95 Å². The fourth-order valence-corrected chi connectivity index (χ4v) is 3.02. The van der Waals surface area contributed by atoms with Crippen LogP contribution in [0.1, 0.15) is 21.5 Å². The first kappa shape index (κ1) is 13.9. The van der Waals surface area contributed by atoms with E-state index in [4.69, 9.17) is 0 Å². The quantitative estimate of drug-likeness (QED) is 0.761. The SMILES string of the molecule is CN1CCc2c(cncc2C(=O)Nc2nc3ccccc3[nH]2)C1. The van der Waals surface area contributed by atoms with E-state index in [9.17, 15) is 4.79 Å². The van der Waals surface area contributed by atoms with E-state index < -0.39 is 0 Å². The lowest BCUT2D eigenvalue weighted by molar-refractivity contribution is 0.102. The van der Waals surface area contributed by atoms with E-state index in [1.807, 2.05) is 30.5 Å². The highest BCUT2D eigenvalue weighted by atomic mass is 16.1. The first-order valence-corrected chi connectivity index (χ1v) is 7.61. The average Bonchev–Trinajstić information content (AvgIpc) is 2.96. The topological polar surface area (TPSA) is 73.9 Å². The van der Waals surface area contributed by atoms with Crippen molar-refractivity contribution >= 4 is 22.9 Å². The molecule has 4 rings (SSSR count). The summed E-state index contributed by atoms with van der Waals surface area (Å²) in [6.07, 6.45) is 4.35. The van der Waals surface area contributed by atoms with E-state index in [-0.39, 0.29) is 5.91 Å². The van der Waals surface area contributed by atoms with Gasteiger partial charge in [0.15, 0.2) is 0 Å². The van der Waals surface area contributed by atoms with Crippen molar-refractivity contribution in [1.82, 2.24) is 19.9 Å². The molecule has 1 aliphatic heterocycles. The molecule has 0 saturated carbocycles. The minimum absolute atomic E-state index is 0.169. The van der Waals surface area contributed by atoms with Gasteiger partial charge in [-0.25, -0.2) is 4.98 Å². The number of nitrogens with zero attached hydrogens (tertiary/aromatic N) is 3. The van der Waals surface area contributed by atoms with Crippen LogP contribution in [-0.4, -0.2) is 39.4 Å². The molecule has 0 aliphatic carbocycles. The number of anilines is 1. The van der Waals surface area contributed by atoms with E-state index in [0.717, 1.165) is 41.7 Å². The Morgan fingerprint density at radius 2 is 2.17 bits per heavy atom. The van der Waals surface area contributed by atoms with Crippen molar-refractivity contribution in [2.45, 2.75) is 13.0 Å². The van der Waals surface area contributed by atoms with Crippen LogP contribution in [0.3, 0.4) is 0 Å². The summed E-state index contributed by atoms with van der Waals surface area (Å²) < 4.78 is 0. The van der Waals surface area contributed by atoms with Gasteiger partial charge in [0.2, 0.25) is 5.95 Å². The van der Waals surface area contributed by atoms with Crippen LogP contribution >= 0.6 is 0 Å². The molecule has 1 amide bonds. The Bertz CT molecular complexity index is 853. The standard InChI is InChI=1S/C17H17N5O/c1-22-7-6-12-11(10-22)8-18-9-13(12)16(23)21-17-19-14-4-2-3-5-15(14)20-17/h2-5,8-9H,6-7,10H2,1H3,(H2,19,20,21,23). The summed E-state index contributed by atoms with van der Waals surface area (Å²) in [5.41, 5.74) is 4.58. The van der Waals surface area contributed by atoms with Gasteiger partial charge in [0, 0.05) is 25.5 Å². The molecule has 0 bridgehead atoms. The van der Waals surface area contributed by atoms with Crippen LogP contribution in [0.25, 0.3) is 11.0 Å². The number of aromatic amines is 1. The summed E-state index contributed by atoms with van der Waals surface area (Å²) in [5, 5.41) is 2.85. The average molecular weight is 307 g/mol. The number of carbonyl (C=O) groups excluding carboxylic acids is 1. The van der Waals surface area contributed by atoms with Crippen molar-refractivity contribution in [3.8, 4) is 0 Å². The third-order valence-corrected chi connectivity index (χ3v) is 4.20. The second-order valence-corrected chi connectivity index (χ2v) is 5.87. The highest BCUT2D eigenvalue weighted by Crippen LogP contribution is 2.22. The highest BCUT2D eigenvalue weighted by molar-refractivity contribution is 6.05. The summed E-state index contributed by atoms with van der Waals surface area (Å²) in [5.74, 6) is 0.291. The van der Waals surface area contributed by atoms with Gasteiger partial charge in [-0.05, 0) is 36.7 Å². The molecule has 0 radical (unpaired) electrons. The van der Waals surface area contributed by atoms with Crippen molar-refractivity contribution in [2.75, 3.05) is 18.9 Å². The largest absolute Gasteiger partial charge is 0.324 e. The normalized spacial score (nSPS) is 14.7. The molecular weight excluding hydrogens is 290 g/mol. The molecule has 1 aromatic carbocycles. The molecule has 23 heavy (non-hydrogen) atoms. The van der Waals surface area contributed by atoms with E-state index >= 15 is 0 Å². The molecule has 1 aliphatic rings. The number of nitrogens with one attached hydrogen (secondary N) is 2. The van der Waals surface area contributed by atoms with E-state index in [2.05, 4.69) is 32.2 Å². The van der Waals surface area contributed by atoms with Gasteiger partial charge in [-0.1, -0.05) is 12.1 Å². The fourth-order valence-electron chi connectivity index (χ4n) is 3.02. The summed E-state index contributed by atoms with van der Waals surface area (Å²) in [7, 11) is 2.07. The molecule has 2 aromatic heterocycles. The number of pyridine rings is 1. The van der Waals surface area contributed by atoms with Crippen LogP contribution in [0.15, 0.2) is 36.7 Å². The van der Waals surface area contributed by atoms with Crippen LogP contribution < -0.4 is 5.32 Å². The number of imidazole rings is 1. The molecule has 6 nitrogen and oxygen atoms in total. The Labute approximate surface area is 133 Å². The van der Waals surface area contributed by atoms with Crippen molar-refractivity contribution in [3.05, 3.63) is 53.3 Å². The van der Waals surface area contributed by atoms with Crippen molar-refractivity contribution in [2.24, 2.45) is 0 Å². The third-order valence-electron chi connectivity index (χ3n) is 4.20. The molecule has 0 atom stereocenters. The van der Waals surface area contributed by atoms with Gasteiger partial charge in [-0.15, -0.1) is 0 Å². The van der Waals surface area contributed by atoms with Gasteiger partial charge >= 0.3 is 0 Å². The number of benzene rings is 1. The second-order valence-electron chi connectivity index (χ2n) is 5.87. The Balaban J connectivity index is 1.63. The molecule has 3 heterocycles. The Morgan fingerprint density at radius 3 is 3.04 bits per heavy atom. The zero-order chi connectivity index (χ0) is 15.8. The van der Waals surface area contributed by atoms with Gasteiger partial charge in [0.25, 0.3) is 5.91 Å². The molecule has 2 N–H and O–H groups in total. The zero-order valence-electron chi connectivity index (χ0n) is 12.8. The predicted molar refractivity (Wildman–Crippen MR) is 88.3 cm³/mol. The van der Waals surface area contributed by atoms with Crippen molar-refractivity contribution in [3.63, 3.8) is 0 Å². The Hall–Kier alpha value is -2.73. The summed E-state index contributed by atoms with van der Waals surface area (Å²) in [6.45, 7) is 1.77. The number of likely N-dealkylation sites (N-methyl/N-ethyl adjacent to an activating group) is 1. The number of rotatable bonds is 2. The number of carbonyl (C=O) groups is 1. The third kappa shape index (κ3) is 2.57. The van der Waals surface area contributed by atoms with Gasteiger partial charge in [-0.3, -0.25) is 15.1 Å². The second kappa shape index (κ2) is 5.48. The molecule has 3 aromatic rings. The molecule has 6 heteroatoms. The highest BCUT2D eigenvalue weighted by Gasteiger charge is 2.21. The molecule has 0 unspecified atom stereocenters. The molecule has 116 valence electrons. The smallest absolute Gasteiger partial charge is 0.259 e. The number of hydrogen-bond donors (Lipinski definition) is 2. The molecule has 0 saturated heterocycles. The lowest BCUT2D eigenvalue weighted by Gasteiger charge is -2.25. The van der Waals surface area contributed by atoms with E-state index in [1.54, 1.807) is 6.20 Å². The van der Waals surface area contributed by atoms with Crippen molar-refractivity contribution < 1.29 is 4.79 Å². The maximum absolute atomic E-state index is 12.6. The van der Waals surface area contributed by atoms with Crippen LogP contribution in [-0.2, 0) is 13.0 Å². The maximum atomic E-state index is 12.6. The summed E-state index contributed by atoms with van der Waals surface area (Å²) in [4.78, 5) is 26.6. The van der Waals surface area contributed by atoms with Gasteiger partial charge in [0.05, 0.1) is 16.6 Å². The number of para-hydroxylation sites is 2.